The highest BCUT2D eigenvalue weighted by atomic mass is 19.4. The molecule has 1 fully saturated rings. The lowest BCUT2D eigenvalue weighted by atomic mass is 9.89. The Kier molecular flexibility index (Phi) is 8.41. The van der Waals surface area contributed by atoms with Crippen molar-refractivity contribution in [1.82, 2.24) is 14.7 Å². The number of piperazine rings is 1. The van der Waals surface area contributed by atoms with Crippen molar-refractivity contribution in [2.45, 2.75) is 38.2 Å². The normalized spacial score (nSPS) is 20.1. The second-order valence-corrected chi connectivity index (χ2v) is 10.3. The molecule has 4 rings (SSSR count). The summed E-state index contributed by atoms with van der Waals surface area (Å²) in [4.78, 5) is 30.3. The number of anilines is 1. The van der Waals surface area contributed by atoms with Gasteiger partial charge >= 0.3 is 6.18 Å². The third-order valence-electron chi connectivity index (χ3n) is 7.28. The number of carbonyl (C=O) groups is 2. The molecule has 0 spiro atoms. The molecule has 8 nitrogen and oxygen atoms in total. The van der Waals surface area contributed by atoms with Gasteiger partial charge in [-0.15, -0.1) is 0 Å². The molecule has 4 N–H and O–H groups in total. The van der Waals surface area contributed by atoms with Crippen LogP contribution in [0.25, 0.3) is 0 Å². The molecule has 2 aliphatic rings. The molecule has 206 valence electrons. The van der Waals surface area contributed by atoms with Crippen molar-refractivity contribution < 1.29 is 27.9 Å². The lowest BCUT2D eigenvalue weighted by Gasteiger charge is -2.34. The highest BCUT2D eigenvalue weighted by molar-refractivity contribution is 6.04. The van der Waals surface area contributed by atoms with Crippen LogP contribution in [0.3, 0.4) is 0 Å². The van der Waals surface area contributed by atoms with Gasteiger partial charge in [-0.3, -0.25) is 19.4 Å². The van der Waals surface area contributed by atoms with Crippen LogP contribution in [0.1, 0.15) is 45.5 Å². The molecule has 38 heavy (non-hydrogen) atoms. The number of nitrogens with zero attached hydrogens (tertiary/aromatic N) is 3. The number of rotatable bonds is 7. The first-order chi connectivity index (χ1) is 17.9. The molecule has 0 aliphatic carbocycles. The first-order valence-corrected chi connectivity index (χ1v) is 12.7. The summed E-state index contributed by atoms with van der Waals surface area (Å²) in [5, 5.41) is 12.5. The Morgan fingerprint density at radius 1 is 1.11 bits per heavy atom. The van der Waals surface area contributed by atoms with Crippen molar-refractivity contribution in [3.63, 3.8) is 0 Å². The lowest BCUT2D eigenvalue weighted by molar-refractivity contribution is -0.138. The van der Waals surface area contributed by atoms with E-state index in [0.29, 0.717) is 31.7 Å². The van der Waals surface area contributed by atoms with E-state index in [9.17, 15) is 27.9 Å². The number of β-amino-alcohol motifs (C(OH)–C–C–N with tert-alkyl or cyclic N) is 1. The van der Waals surface area contributed by atoms with Crippen LogP contribution in [0.4, 0.5) is 18.9 Å². The summed E-state index contributed by atoms with van der Waals surface area (Å²) in [6, 6.07) is 9.15. The van der Waals surface area contributed by atoms with Crippen molar-refractivity contribution in [2.24, 2.45) is 5.73 Å². The molecular weight excluding hydrogens is 499 g/mol. The van der Waals surface area contributed by atoms with Gasteiger partial charge in [0.25, 0.3) is 5.91 Å². The number of hydrogen-bond donors (Lipinski definition) is 3. The summed E-state index contributed by atoms with van der Waals surface area (Å²) in [6.07, 6.45) is -5.85. The van der Waals surface area contributed by atoms with Crippen LogP contribution in [0, 0.1) is 0 Å². The van der Waals surface area contributed by atoms with Gasteiger partial charge in [-0.1, -0.05) is 19.1 Å². The Balaban J connectivity index is 1.49. The monoisotopic (exact) mass is 533 g/mol. The fourth-order valence-electron chi connectivity index (χ4n) is 5.14. The summed E-state index contributed by atoms with van der Waals surface area (Å²) in [7, 11) is 1.99. The number of fused-ring (bicyclic) bond motifs is 1. The van der Waals surface area contributed by atoms with E-state index >= 15 is 0 Å². The number of amides is 2. The van der Waals surface area contributed by atoms with E-state index in [0.717, 1.165) is 30.3 Å². The number of nitrogens with one attached hydrogen (secondary N) is 1. The van der Waals surface area contributed by atoms with Crippen LogP contribution in [-0.4, -0.2) is 84.0 Å². The van der Waals surface area contributed by atoms with Crippen molar-refractivity contribution in [2.75, 3.05) is 51.6 Å². The summed E-state index contributed by atoms with van der Waals surface area (Å²) in [5.74, 6) is -1.22. The Labute approximate surface area is 220 Å². The number of nitrogens with two attached hydrogens (primary N) is 1. The maximum absolute atomic E-state index is 13.9. The second kappa shape index (κ2) is 11.4. The number of hydrogen-bond acceptors (Lipinski definition) is 6. The molecule has 0 bridgehead atoms. The molecule has 2 heterocycles. The van der Waals surface area contributed by atoms with Crippen LogP contribution in [0.5, 0.6) is 0 Å². The summed E-state index contributed by atoms with van der Waals surface area (Å²) in [5.41, 5.74) is 6.88. The molecule has 2 atom stereocenters. The van der Waals surface area contributed by atoms with Crippen molar-refractivity contribution in [3.8, 4) is 0 Å². The predicted octanol–water partition coefficient (Wildman–Crippen LogP) is 2.47. The van der Waals surface area contributed by atoms with Gasteiger partial charge in [0, 0.05) is 63.6 Å². The van der Waals surface area contributed by atoms with E-state index in [1.807, 2.05) is 29.8 Å². The fraction of sp³-hybridized carbons (Fsp3) is 0.481. The summed E-state index contributed by atoms with van der Waals surface area (Å²) >= 11 is 0. The number of likely N-dealkylation sites (N-methyl/N-ethyl adjacent to an activating group) is 1. The van der Waals surface area contributed by atoms with Crippen molar-refractivity contribution in [1.29, 1.82) is 0 Å². The molecular formula is C27H34F3N5O3. The summed E-state index contributed by atoms with van der Waals surface area (Å²) in [6.45, 7) is 6.30. The van der Waals surface area contributed by atoms with Crippen LogP contribution < -0.4 is 11.1 Å². The van der Waals surface area contributed by atoms with Crippen LogP contribution >= 0.6 is 0 Å². The molecule has 0 aromatic heterocycles. The van der Waals surface area contributed by atoms with Crippen LogP contribution in [0.15, 0.2) is 36.4 Å². The van der Waals surface area contributed by atoms with Gasteiger partial charge in [-0.25, -0.2) is 0 Å². The minimum atomic E-state index is -4.55. The van der Waals surface area contributed by atoms with Gasteiger partial charge in [0.1, 0.15) is 6.10 Å². The van der Waals surface area contributed by atoms with Gasteiger partial charge in [0.15, 0.2) is 0 Å². The molecule has 2 aliphatic heterocycles. The minimum Gasteiger partial charge on any atom is -0.382 e. The SMILES string of the molecule is C[C@H]1CN(CC(O)C(N)=O)Cc2cc(C(=O)Nc3ccc(CN4CCN(C)CC4)c(C(F)(F)F)c3)ccc21. The largest absolute Gasteiger partial charge is 0.416 e. The molecule has 1 unspecified atom stereocenters. The first-order valence-electron chi connectivity index (χ1n) is 12.7. The van der Waals surface area contributed by atoms with E-state index in [1.165, 1.54) is 12.1 Å². The summed E-state index contributed by atoms with van der Waals surface area (Å²) < 4.78 is 41.7. The van der Waals surface area contributed by atoms with Crippen molar-refractivity contribution >= 4 is 17.5 Å². The molecule has 2 amide bonds. The quantitative estimate of drug-likeness (QED) is 0.506. The second-order valence-electron chi connectivity index (χ2n) is 10.3. The van der Waals surface area contributed by atoms with E-state index in [2.05, 4.69) is 10.2 Å². The zero-order valence-electron chi connectivity index (χ0n) is 21.6. The Morgan fingerprint density at radius 2 is 1.82 bits per heavy atom. The molecule has 0 saturated carbocycles. The highest BCUT2D eigenvalue weighted by Gasteiger charge is 2.34. The van der Waals surface area contributed by atoms with Crippen LogP contribution in [0.2, 0.25) is 0 Å². The first kappa shape index (κ1) is 28.0. The number of benzene rings is 2. The van der Waals surface area contributed by atoms with Gasteiger partial charge in [0.2, 0.25) is 5.91 Å². The van der Waals surface area contributed by atoms with Gasteiger partial charge in [-0.05, 0) is 53.9 Å². The Bertz CT molecular complexity index is 1180. The number of halogens is 3. The van der Waals surface area contributed by atoms with Gasteiger partial charge < -0.3 is 21.1 Å². The lowest BCUT2D eigenvalue weighted by Crippen LogP contribution is -2.44. The Morgan fingerprint density at radius 3 is 2.47 bits per heavy atom. The average Bonchev–Trinajstić information content (AvgIpc) is 2.85. The fourth-order valence-corrected chi connectivity index (χ4v) is 5.14. The molecule has 2 aromatic rings. The number of alkyl halides is 3. The minimum absolute atomic E-state index is 0.0711. The standard InChI is InChI=1S/C27H34F3N5O3/c1-17-13-35(16-24(36)25(31)37)15-20-11-18(4-6-22(17)20)26(38)32-21-5-3-19(23(12-21)27(28,29)30)14-34-9-7-33(2)8-10-34/h3-6,11-12,17,24,36H,7-10,13-16H2,1-2H3,(H2,31,37)(H,32,38)/t17-,24?/m0/s1. The zero-order valence-corrected chi connectivity index (χ0v) is 21.6. The molecule has 1 saturated heterocycles. The van der Waals surface area contributed by atoms with E-state index in [1.54, 1.807) is 12.1 Å². The molecule has 0 radical (unpaired) electrons. The molecule has 11 heteroatoms. The van der Waals surface area contributed by atoms with Crippen molar-refractivity contribution in [3.05, 3.63) is 64.2 Å². The third-order valence-corrected chi connectivity index (χ3v) is 7.28. The predicted molar refractivity (Wildman–Crippen MR) is 138 cm³/mol. The smallest absolute Gasteiger partial charge is 0.382 e. The maximum Gasteiger partial charge on any atom is 0.416 e. The van der Waals surface area contributed by atoms with Gasteiger partial charge in [-0.2, -0.15) is 13.2 Å². The van der Waals surface area contributed by atoms with Gasteiger partial charge in [0.05, 0.1) is 5.56 Å². The number of primary amides is 1. The zero-order chi connectivity index (χ0) is 27.6. The maximum atomic E-state index is 13.9. The Hall–Kier alpha value is -2.99. The number of aliphatic hydroxyl groups is 1. The van der Waals surface area contributed by atoms with E-state index in [-0.39, 0.29) is 30.3 Å². The number of carbonyl (C=O) groups excluding carboxylic acids is 2. The third kappa shape index (κ3) is 6.71. The van der Waals surface area contributed by atoms with Crippen LogP contribution in [-0.2, 0) is 24.1 Å². The van der Waals surface area contributed by atoms with E-state index < -0.39 is 29.7 Å². The molecule has 2 aromatic carbocycles. The number of aliphatic hydroxyl groups excluding tert-OH is 1. The topological polar surface area (TPSA) is 102 Å². The average molecular weight is 534 g/mol. The highest BCUT2D eigenvalue weighted by Crippen LogP contribution is 2.35. The van der Waals surface area contributed by atoms with E-state index in [4.69, 9.17) is 5.73 Å².